The number of aryl methyl sites for hydroxylation is 1. The lowest BCUT2D eigenvalue weighted by molar-refractivity contribution is 1.000. The van der Waals surface area contributed by atoms with Gasteiger partial charge in [0.2, 0.25) is 0 Å². The van der Waals surface area contributed by atoms with Crippen LogP contribution in [0.15, 0.2) is 152 Å². The zero-order valence-electron chi connectivity index (χ0n) is 26.3. The van der Waals surface area contributed by atoms with Crippen molar-refractivity contribution in [2.24, 2.45) is 0 Å². The van der Waals surface area contributed by atoms with Crippen LogP contribution in [0, 0.1) is 0 Å². The minimum atomic E-state index is 1.06. The van der Waals surface area contributed by atoms with Gasteiger partial charge in [0.05, 0.1) is 22.1 Å². The molecule has 0 spiro atoms. The van der Waals surface area contributed by atoms with Gasteiger partial charge in [-0.25, -0.2) is 0 Å². The molecule has 2 nitrogen and oxygen atoms in total. The molecule has 11 rings (SSSR count). The van der Waals surface area contributed by atoms with Gasteiger partial charge in [0.15, 0.2) is 0 Å². The van der Waals surface area contributed by atoms with E-state index >= 15 is 0 Å². The van der Waals surface area contributed by atoms with Gasteiger partial charge in [0, 0.05) is 32.9 Å². The minimum absolute atomic E-state index is 1.06. The van der Waals surface area contributed by atoms with E-state index in [0.29, 0.717) is 0 Å². The highest BCUT2D eigenvalue weighted by Gasteiger charge is 2.22. The fourth-order valence-electron chi connectivity index (χ4n) is 8.66. The van der Waals surface area contributed by atoms with Gasteiger partial charge in [0.1, 0.15) is 0 Å². The van der Waals surface area contributed by atoms with E-state index in [0.717, 1.165) is 12.8 Å². The predicted octanol–water partition coefficient (Wildman–Crippen LogP) is 12.3. The number of nitrogens with zero attached hydrogens (tertiary/aromatic N) is 2. The van der Waals surface area contributed by atoms with E-state index in [9.17, 15) is 0 Å². The first-order valence-electron chi connectivity index (χ1n) is 16.9. The summed E-state index contributed by atoms with van der Waals surface area (Å²) >= 11 is 0. The van der Waals surface area contributed by atoms with Gasteiger partial charge in [-0.3, -0.25) is 0 Å². The second-order valence-corrected chi connectivity index (χ2v) is 13.2. The average Bonchev–Trinajstić information content (AvgIpc) is 3.68. The van der Waals surface area contributed by atoms with Crippen LogP contribution in [-0.4, -0.2) is 9.13 Å². The Bertz CT molecular complexity index is 3000. The fourth-order valence-corrected chi connectivity index (χ4v) is 8.66. The third kappa shape index (κ3) is 3.47. The maximum absolute atomic E-state index is 2.53. The van der Waals surface area contributed by atoms with Crippen molar-refractivity contribution in [1.29, 1.82) is 0 Å². The van der Waals surface area contributed by atoms with Crippen molar-refractivity contribution in [3.63, 3.8) is 0 Å². The number of benzene rings is 8. The maximum Gasteiger partial charge on any atom is 0.0788 e. The maximum atomic E-state index is 2.53. The van der Waals surface area contributed by atoms with Crippen molar-refractivity contribution in [2.75, 3.05) is 0 Å². The normalized spacial score (nSPS) is 13.2. The first-order valence-corrected chi connectivity index (χ1v) is 16.9. The fraction of sp³-hybridized carbons (Fsp3) is 0.0435. The summed E-state index contributed by atoms with van der Waals surface area (Å²) in [4.78, 5) is 0. The summed E-state index contributed by atoms with van der Waals surface area (Å²) in [7, 11) is 0. The van der Waals surface area contributed by atoms with E-state index in [1.54, 1.807) is 0 Å². The van der Waals surface area contributed by atoms with Gasteiger partial charge >= 0.3 is 0 Å². The summed E-state index contributed by atoms with van der Waals surface area (Å²) in [5.74, 6) is 0. The van der Waals surface area contributed by atoms with Gasteiger partial charge in [-0.1, -0.05) is 121 Å². The van der Waals surface area contributed by atoms with E-state index in [1.165, 1.54) is 98.4 Å². The summed E-state index contributed by atoms with van der Waals surface area (Å²) in [6.45, 7) is 0. The highest BCUT2D eigenvalue weighted by Crippen LogP contribution is 2.43. The van der Waals surface area contributed by atoms with Gasteiger partial charge < -0.3 is 9.13 Å². The Morgan fingerprint density at radius 3 is 1.67 bits per heavy atom. The molecule has 0 saturated heterocycles. The lowest BCUT2D eigenvalue weighted by Crippen LogP contribution is -2.01. The number of fused-ring (bicyclic) bond motifs is 14. The SMILES string of the molecule is C1=Cc2c(c3cc(-n4c5ccccc5c5ccc6c7ccccc7n(-c7ccc8ccccc8c7)c6c54)ccc3c3ccccc23)CC1. The zero-order valence-corrected chi connectivity index (χ0v) is 26.3. The number of para-hydroxylation sites is 2. The van der Waals surface area contributed by atoms with Crippen LogP contribution < -0.4 is 0 Å². The summed E-state index contributed by atoms with van der Waals surface area (Å²) in [5.41, 5.74) is 10.1. The van der Waals surface area contributed by atoms with Crippen molar-refractivity contribution in [3.05, 3.63) is 163 Å². The van der Waals surface area contributed by atoms with Crippen LogP contribution in [0.25, 0.3) is 93.4 Å². The summed E-state index contributed by atoms with van der Waals surface area (Å²) in [6.07, 6.45) is 6.82. The Hall–Kier alpha value is -6.12. The van der Waals surface area contributed by atoms with Crippen molar-refractivity contribution >= 4 is 82.0 Å². The zero-order chi connectivity index (χ0) is 31.3. The number of rotatable bonds is 2. The Morgan fingerprint density at radius 2 is 0.938 bits per heavy atom. The van der Waals surface area contributed by atoms with Crippen LogP contribution >= 0.6 is 0 Å². The third-order valence-corrected chi connectivity index (χ3v) is 10.7. The van der Waals surface area contributed by atoms with Crippen LogP contribution in [0.5, 0.6) is 0 Å². The summed E-state index contributed by atoms with van der Waals surface area (Å²) in [5, 5.41) is 12.9. The highest BCUT2D eigenvalue weighted by atomic mass is 15.0. The first-order chi connectivity index (χ1) is 23.8. The minimum Gasteiger partial charge on any atom is -0.307 e. The molecule has 0 bridgehead atoms. The monoisotopic (exact) mass is 610 g/mol. The highest BCUT2D eigenvalue weighted by molar-refractivity contribution is 6.24. The molecule has 48 heavy (non-hydrogen) atoms. The molecule has 10 aromatic rings. The molecule has 0 aliphatic heterocycles. The lowest BCUT2D eigenvalue weighted by atomic mass is 9.86. The molecular weight excluding hydrogens is 581 g/mol. The second kappa shape index (κ2) is 9.70. The molecule has 2 heterocycles. The number of allylic oxidation sites excluding steroid dienone is 1. The number of aromatic nitrogens is 2. The lowest BCUT2D eigenvalue weighted by Gasteiger charge is -2.19. The molecule has 0 radical (unpaired) electrons. The Labute approximate surface area is 277 Å². The van der Waals surface area contributed by atoms with Crippen molar-refractivity contribution in [3.8, 4) is 11.4 Å². The molecule has 2 aromatic heterocycles. The third-order valence-electron chi connectivity index (χ3n) is 10.7. The second-order valence-electron chi connectivity index (χ2n) is 13.2. The van der Waals surface area contributed by atoms with E-state index < -0.39 is 0 Å². The van der Waals surface area contributed by atoms with Crippen LogP contribution in [0.4, 0.5) is 0 Å². The van der Waals surface area contributed by atoms with Gasteiger partial charge in [0.25, 0.3) is 0 Å². The van der Waals surface area contributed by atoms with Gasteiger partial charge in [-0.2, -0.15) is 0 Å². The molecule has 1 aliphatic rings. The molecule has 8 aromatic carbocycles. The van der Waals surface area contributed by atoms with E-state index in [1.807, 2.05) is 0 Å². The van der Waals surface area contributed by atoms with Crippen molar-refractivity contribution in [2.45, 2.75) is 12.8 Å². The largest absolute Gasteiger partial charge is 0.307 e. The Kier molecular flexibility index (Phi) is 5.25. The van der Waals surface area contributed by atoms with E-state index in [-0.39, 0.29) is 0 Å². The van der Waals surface area contributed by atoms with E-state index in [4.69, 9.17) is 0 Å². The molecule has 224 valence electrons. The number of hydrogen-bond acceptors (Lipinski definition) is 0. The van der Waals surface area contributed by atoms with Crippen LogP contribution in [0.1, 0.15) is 17.5 Å². The molecule has 0 saturated carbocycles. The molecular formula is C46H30N2. The summed E-state index contributed by atoms with van der Waals surface area (Å²) < 4.78 is 5.03. The Balaban J connectivity index is 1.31. The van der Waals surface area contributed by atoms with E-state index in [2.05, 4.69) is 167 Å². The average molecular weight is 611 g/mol. The Morgan fingerprint density at radius 1 is 0.396 bits per heavy atom. The molecule has 0 amide bonds. The van der Waals surface area contributed by atoms with Crippen molar-refractivity contribution < 1.29 is 0 Å². The number of hydrogen-bond donors (Lipinski definition) is 0. The van der Waals surface area contributed by atoms with Crippen LogP contribution in [0.2, 0.25) is 0 Å². The molecule has 0 atom stereocenters. The smallest absolute Gasteiger partial charge is 0.0788 e. The predicted molar refractivity (Wildman–Crippen MR) is 205 cm³/mol. The van der Waals surface area contributed by atoms with Crippen LogP contribution in [0.3, 0.4) is 0 Å². The standard InChI is InChI=1S/C46H30N2/c1-2-12-30-27-31(22-21-29(30)11-1)47-43-19-9-7-17-38(43)40-25-26-41-39-18-8-10-20-44(39)48(46(41)45(40)47)32-23-24-37-35-15-4-3-13-33(35)34-14-5-6-16-36(34)42(37)28-32/h1-5,7-15,17-28H,6,16H2. The molecule has 0 unspecified atom stereocenters. The quantitative estimate of drug-likeness (QED) is 0.172. The van der Waals surface area contributed by atoms with Crippen molar-refractivity contribution in [1.82, 2.24) is 9.13 Å². The topological polar surface area (TPSA) is 9.86 Å². The molecule has 0 N–H and O–H groups in total. The van der Waals surface area contributed by atoms with Crippen LogP contribution in [-0.2, 0) is 6.42 Å². The molecule has 1 aliphatic carbocycles. The molecule has 0 fully saturated rings. The first kappa shape index (κ1) is 26.0. The van der Waals surface area contributed by atoms with Gasteiger partial charge in [-0.05, 0) is 92.7 Å². The molecule has 2 heteroatoms. The summed E-state index contributed by atoms with van der Waals surface area (Å²) in [6, 6.07) is 54.1. The van der Waals surface area contributed by atoms with Gasteiger partial charge in [-0.15, -0.1) is 0 Å².